The van der Waals surface area contributed by atoms with Gasteiger partial charge in [0.25, 0.3) is 0 Å². The number of phenolic OH excluding ortho intramolecular Hbond substituents is 1. The Morgan fingerprint density at radius 3 is 2.79 bits per heavy atom. The maximum atomic E-state index is 9.64. The number of nitrogens with zero attached hydrogens (tertiary/aromatic N) is 1. The normalized spacial score (nSPS) is 20.1. The molecule has 1 heterocycles. The Labute approximate surface area is 84.4 Å². The molecule has 3 heteroatoms. The van der Waals surface area contributed by atoms with E-state index >= 15 is 0 Å². The topological polar surface area (TPSA) is 45.4 Å². The van der Waals surface area contributed by atoms with E-state index in [4.69, 9.17) is 0 Å². The molecule has 2 N–H and O–H groups in total. The Morgan fingerprint density at radius 2 is 2.21 bits per heavy atom. The van der Waals surface area contributed by atoms with Gasteiger partial charge in [0.1, 0.15) is 5.75 Å². The maximum absolute atomic E-state index is 9.64. The quantitative estimate of drug-likeness (QED) is 0.705. The Hall–Kier alpha value is -1.06. The van der Waals surface area contributed by atoms with E-state index in [1.165, 1.54) is 5.56 Å². The Balaban J connectivity index is 2.22. The minimum atomic E-state index is 0.392. The molecule has 0 radical (unpaired) electrons. The summed E-state index contributed by atoms with van der Waals surface area (Å²) < 4.78 is 0. The van der Waals surface area contributed by atoms with Crippen LogP contribution in [-0.2, 0) is 6.54 Å². The first-order valence-corrected chi connectivity index (χ1v) is 4.87. The van der Waals surface area contributed by atoms with Crippen LogP contribution in [-0.4, -0.2) is 30.6 Å². The van der Waals surface area contributed by atoms with Crippen LogP contribution in [0, 0.1) is 0 Å². The minimum absolute atomic E-state index is 0.392. The summed E-state index contributed by atoms with van der Waals surface area (Å²) in [6.07, 6.45) is 0. The standard InChI is InChI=1S/C11H16N2O/c1-13(2)7-9-5-8(10-6-12-10)3-4-11(9)14/h3-5,10,12,14H,6-7H2,1-2H3/t10-/m1/s1. The molecule has 0 spiro atoms. The molecule has 3 nitrogen and oxygen atoms in total. The van der Waals surface area contributed by atoms with Crippen molar-refractivity contribution >= 4 is 0 Å². The summed E-state index contributed by atoms with van der Waals surface area (Å²) in [6.45, 7) is 1.85. The third-order valence-electron chi connectivity index (χ3n) is 2.40. The molecule has 1 aliphatic heterocycles. The zero-order valence-corrected chi connectivity index (χ0v) is 8.62. The molecule has 0 aromatic heterocycles. The van der Waals surface area contributed by atoms with Crippen molar-refractivity contribution in [2.45, 2.75) is 12.6 Å². The van der Waals surface area contributed by atoms with Crippen molar-refractivity contribution in [1.29, 1.82) is 0 Å². The lowest BCUT2D eigenvalue weighted by Crippen LogP contribution is -2.11. The third-order valence-corrected chi connectivity index (χ3v) is 2.40. The number of rotatable bonds is 3. The molecule has 14 heavy (non-hydrogen) atoms. The first-order chi connectivity index (χ1) is 6.66. The van der Waals surface area contributed by atoms with Crippen LogP contribution in [0.25, 0.3) is 0 Å². The smallest absolute Gasteiger partial charge is 0.120 e. The zero-order chi connectivity index (χ0) is 10.1. The predicted octanol–water partition coefficient (Wildman–Crippen LogP) is 1.10. The van der Waals surface area contributed by atoms with Crippen LogP contribution < -0.4 is 5.32 Å². The van der Waals surface area contributed by atoms with Gasteiger partial charge in [-0.2, -0.15) is 0 Å². The van der Waals surface area contributed by atoms with Gasteiger partial charge < -0.3 is 15.3 Å². The number of hydrogen-bond donors (Lipinski definition) is 2. The highest BCUT2D eigenvalue weighted by molar-refractivity contribution is 5.38. The van der Waals surface area contributed by atoms with Gasteiger partial charge in [0.05, 0.1) is 0 Å². The lowest BCUT2D eigenvalue weighted by molar-refractivity contribution is 0.385. The molecule has 76 valence electrons. The van der Waals surface area contributed by atoms with Gasteiger partial charge in [0, 0.05) is 24.7 Å². The summed E-state index contributed by atoms with van der Waals surface area (Å²) >= 11 is 0. The maximum Gasteiger partial charge on any atom is 0.120 e. The van der Waals surface area contributed by atoms with E-state index in [1.807, 2.05) is 20.2 Å². The van der Waals surface area contributed by atoms with Crippen molar-refractivity contribution in [1.82, 2.24) is 10.2 Å². The molecule has 1 saturated heterocycles. The molecule has 1 aromatic carbocycles. The number of phenols is 1. The van der Waals surface area contributed by atoms with Gasteiger partial charge in [0.15, 0.2) is 0 Å². The fourth-order valence-electron chi connectivity index (χ4n) is 1.58. The van der Waals surface area contributed by atoms with Crippen molar-refractivity contribution < 1.29 is 5.11 Å². The van der Waals surface area contributed by atoms with Gasteiger partial charge in [-0.15, -0.1) is 0 Å². The van der Waals surface area contributed by atoms with E-state index in [0.29, 0.717) is 11.8 Å². The SMILES string of the molecule is CN(C)Cc1cc([C@H]2CN2)ccc1O. The van der Waals surface area contributed by atoms with E-state index in [1.54, 1.807) is 6.07 Å². The molecular weight excluding hydrogens is 176 g/mol. The van der Waals surface area contributed by atoms with E-state index in [-0.39, 0.29) is 0 Å². The minimum Gasteiger partial charge on any atom is -0.508 e. The monoisotopic (exact) mass is 192 g/mol. The van der Waals surface area contributed by atoms with Gasteiger partial charge in [-0.1, -0.05) is 6.07 Å². The fourth-order valence-corrected chi connectivity index (χ4v) is 1.58. The van der Waals surface area contributed by atoms with Crippen molar-refractivity contribution in [3.8, 4) is 5.75 Å². The Morgan fingerprint density at radius 1 is 1.50 bits per heavy atom. The summed E-state index contributed by atoms with van der Waals surface area (Å²) in [4.78, 5) is 2.05. The Kier molecular flexibility index (Phi) is 2.44. The second kappa shape index (κ2) is 3.59. The largest absolute Gasteiger partial charge is 0.508 e. The van der Waals surface area contributed by atoms with Gasteiger partial charge in [-0.25, -0.2) is 0 Å². The summed E-state index contributed by atoms with van der Waals surface area (Å²) in [5.74, 6) is 0.392. The van der Waals surface area contributed by atoms with Crippen LogP contribution in [0.3, 0.4) is 0 Å². The van der Waals surface area contributed by atoms with Crippen LogP contribution in [0.2, 0.25) is 0 Å². The average molecular weight is 192 g/mol. The van der Waals surface area contributed by atoms with E-state index in [9.17, 15) is 5.11 Å². The van der Waals surface area contributed by atoms with Crippen molar-refractivity contribution in [3.63, 3.8) is 0 Å². The van der Waals surface area contributed by atoms with Crippen LogP contribution in [0.15, 0.2) is 18.2 Å². The molecule has 0 aliphatic carbocycles. The Bertz CT molecular complexity index is 332. The lowest BCUT2D eigenvalue weighted by atomic mass is 10.1. The average Bonchev–Trinajstić information content (AvgIpc) is 2.91. The van der Waals surface area contributed by atoms with Gasteiger partial charge in [0.2, 0.25) is 0 Å². The highest BCUT2D eigenvalue weighted by Crippen LogP contribution is 2.27. The fraction of sp³-hybridized carbons (Fsp3) is 0.455. The summed E-state index contributed by atoms with van der Waals surface area (Å²) in [5, 5.41) is 12.9. The number of nitrogens with one attached hydrogen (secondary N) is 1. The second-order valence-electron chi connectivity index (χ2n) is 4.09. The number of hydrogen-bond acceptors (Lipinski definition) is 3. The molecule has 0 saturated carbocycles. The van der Waals surface area contributed by atoms with E-state index < -0.39 is 0 Å². The molecule has 0 unspecified atom stereocenters. The second-order valence-corrected chi connectivity index (χ2v) is 4.09. The molecule has 1 aromatic rings. The third kappa shape index (κ3) is 2.05. The number of benzene rings is 1. The summed E-state index contributed by atoms with van der Waals surface area (Å²) in [5.41, 5.74) is 2.28. The zero-order valence-electron chi connectivity index (χ0n) is 8.62. The van der Waals surface area contributed by atoms with Crippen molar-refractivity contribution in [3.05, 3.63) is 29.3 Å². The molecule has 2 rings (SSSR count). The van der Waals surface area contributed by atoms with Gasteiger partial charge >= 0.3 is 0 Å². The predicted molar refractivity (Wildman–Crippen MR) is 56.2 cm³/mol. The first kappa shape index (κ1) is 9.49. The molecular formula is C11H16N2O. The molecule has 1 aliphatic rings. The van der Waals surface area contributed by atoms with E-state index in [0.717, 1.165) is 18.7 Å². The van der Waals surface area contributed by atoms with Gasteiger partial charge in [-0.3, -0.25) is 0 Å². The highest BCUT2D eigenvalue weighted by atomic mass is 16.3. The van der Waals surface area contributed by atoms with Crippen molar-refractivity contribution in [2.24, 2.45) is 0 Å². The summed E-state index contributed by atoms with van der Waals surface area (Å²) in [6, 6.07) is 6.37. The van der Waals surface area contributed by atoms with Crippen LogP contribution >= 0.6 is 0 Å². The van der Waals surface area contributed by atoms with Crippen molar-refractivity contribution in [2.75, 3.05) is 20.6 Å². The number of aromatic hydroxyl groups is 1. The first-order valence-electron chi connectivity index (χ1n) is 4.87. The van der Waals surface area contributed by atoms with Crippen LogP contribution in [0.5, 0.6) is 5.75 Å². The summed E-state index contributed by atoms with van der Waals surface area (Å²) in [7, 11) is 4.00. The molecule has 1 fully saturated rings. The highest BCUT2D eigenvalue weighted by Gasteiger charge is 2.22. The molecule has 0 amide bonds. The van der Waals surface area contributed by atoms with Crippen LogP contribution in [0.4, 0.5) is 0 Å². The van der Waals surface area contributed by atoms with Crippen LogP contribution in [0.1, 0.15) is 17.2 Å². The molecule has 1 atom stereocenters. The molecule has 0 bridgehead atoms. The van der Waals surface area contributed by atoms with Gasteiger partial charge in [-0.05, 0) is 31.8 Å². The van der Waals surface area contributed by atoms with E-state index in [2.05, 4.69) is 16.3 Å². The lowest BCUT2D eigenvalue weighted by Gasteiger charge is -2.12.